The van der Waals surface area contributed by atoms with Crippen LogP contribution in [-0.4, -0.2) is 30.8 Å². The molecule has 1 aliphatic heterocycles. The Bertz CT molecular complexity index is 1210. The zero-order chi connectivity index (χ0) is 21.8. The SMILES string of the molecule is O=C(CCc1nc(-c2ccccc2)no1)Nc1cccc(-c2nnc3n2CCCCC3)c1. The second-order valence-electron chi connectivity index (χ2n) is 7.91. The highest BCUT2D eigenvalue weighted by molar-refractivity contribution is 5.91. The molecule has 0 radical (unpaired) electrons. The van der Waals surface area contributed by atoms with Crippen molar-refractivity contribution < 1.29 is 9.32 Å². The van der Waals surface area contributed by atoms with Crippen LogP contribution >= 0.6 is 0 Å². The van der Waals surface area contributed by atoms with E-state index in [1.54, 1.807) is 0 Å². The van der Waals surface area contributed by atoms with Crippen LogP contribution in [0.25, 0.3) is 22.8 Å². The second kappa shape index (κ2) is 9.13. The number of carbonyl (C=O) groups excluding carboxylic acids is 1. The van der Waals surface area contributed by atoms with E-state index in [1.807, 2.05) is 54.6 Å². The molecule has 1 aliphatic rings. The average Bonchev–Trinajstić information content (AvgIpc) is 3.40. The van der Waals surface area contributed by atoms with E-state index >= 15 is 0 Å². The third-order valence-corrected chi connectivity index (χ3v) is 5.58. The quantitative estimate of drug-likeness (QED) is 0.492. The third kappa shape index (κ3) is 4.44. The molecule has 0 saturated heterocycles. The molecule has 2 aromatic heterocycles. The summed E-state index contributed by atoms with van der Waals surface area (Å²) < 4.78 is 7.49. The van der Waals surface area contributed by atoms with Crippen LogP contribution in [0.15, 0.2) is 59.1 Å². The Morgan fingerprint density at radius 3 is 2.78 bits per heavy atom. The first-order chi connectivity index (χ1) is 15.8. The van der Waals surface area contributed by atoms with Gasteiger partial charge in [0, 0.05) is 42.6 Å². The van der Waals surface area contributed by atoms with Gasteiger partial charge in [0.2, 0.25) is 17.6 Å². The van der Waals surface area contributed by atoms with E-state index in [0.717, 1.165) is 54.3 Å². The molecule has 0 spiro atoms. The number of aromatic nitrogens is 5. The Balaban J connectivity index is 1.22. The van der Waals surface area contributed by atoms with Crippen molar-refractivity contribution in [1.82, 2.24) is 24.9 Å². The topological polar surface area (TPSA) is 98.7 Å². The van der Waals surface area contributed by atoms with Gasteiger partial charge in [-0.15, -0.1) is 10.2 Å². The van der Waals surface area contributed by atoms with Crippen LogP contribution in [0.4, 0.5) is 5.69 Å². The molecule has 8 heteroatoms. The highest BCUT2D eigenvalue weighted by Gasteiger charge is 2.16. The number of aryl methyl sites for hydroxylation is 2. The maximum Gasteiger partial charge on any atom is 0.227 e. The average molecular weight is 428 g/mol. The highest BCUT2D eigenvalue weighted by Crippen LogP contribution is 2.25. The molecule has 0 unspecified atom stereocenters. The first-order valence-corrected chi connectivity index (χ1v) is 11.0. The van der Waals surface area contributed by atoms with E-state index in [4.69, 9.17) is 4.52 Å². The minimum atomic E-state index is -0.110. The van der Waals surface area contributed by atoms with Gasteiger partial charge < -0.3 is 14.4 Å². The minimum Gasteiger partial charge on any atom is -0.339 e. The van der Waals surface area contributed by atoms with Gasteiger partial charge in [-0.05, 0) is 25.0 Å². The van der Waals surface area contributed by atoms with Gasteiger partial charge in [-0.3, -0.25) is 4.79 Å². The first-order valence-electron chi connectivity index (χ1n) is 11.0. The molecule has 0 fully saturated rings. The molecule has 0 saturated carbocycles. The summed E-state index contributed by atoms with van der Waals surface area (Å²) in [5.74, 6) is 2.76. The number of nitrogens with one attached hydrogen (secondary N) is 1. The number of anilines is 1. The van der Waals surface area contributed by atoms with Crippen LogP contribution < -0.4 is 5.32 Å². The molecule has 8 nitrogen and oxygen atoms in total. The first kappa shape index (κ1) is 20.1. The molecule has 1 N–H and O–H groups in total. The largest absolute Gasteiger partial charge is 0.339 e. The van der Waals surface area contributed by atoms with Crippen molar-refractivity contribution >= 4 is 11.6 Å². The van der Waals surface area contributed by atoms with Crippen LogP contribution in [-0.2, 0) is 24.2 Å². The fourth-order valence-electron chi connectivity index (χ4n) is 3.94. The number of nitrogens with zero attached hydrogens (tertiary/aromatic N) is 5. The second-order valence-corrected chi connectivity index (χ2v) is 7.91. The monoisotopic (exact) mass is 428 g/mol. The highest BCUT2D eigenvalue weighted by atomic mass is 16.5. The van der Waals surface area contributed by atoms with Crippen molar-refractivity contribution in [2.75, 3.05) is 5.32 Å². The van der Waals surface area contributed by atoms with Gasteiger partial charge in [0.05, 0.1) is 0 Å². The molecular weight excluding hydrogens is 404 g/mol. The molecule has 3 heterocycles. The van der Waals surface area contributed by atoms with E-state index in [9.17, 15) is 4.79 Å². The zero-order valence-electron chi connectivity index (χ0n) is 17.7. The molecule has 2 aromatic carbocycles. The van der Waals surface area contributed by atoms with Crippen molar-refractivity contribution in [3.05, 3.63) is 66.3 Å². The smallest absolute Gasteiger partial charge is 0.227 e. The Labute approximate surface area is 185 Å². The summed E-state index contributed by atoms with van der Waals surface area (Å²) in [5.41, 5.74) is 2.57. The fourth-order valence-corrected chi connectivity index (χ4v) is 3.94. The van der Waals surface area contributed by atoms with E-state index in [1.165, 1.54) is 6.42 Å². The Morgan fingerprint density at radius 1 is 1.00 bits per heavy atom. The predicted octanol–water partition coefficient (Wildman–Crippen LogP) is 4.29. The van der Waals surface area contributed by atoms with Gasteiger partial charge in [0.1, 0.15) is 5.82 Å². The van der Waals surface area contributed by atoms with Gasteiger partial charge in [0.25, 0.3) is 0 Å². The van der Waals surface area contributed by atoms with E-state index in [0.29, 0.717) is 18.1 Å². The third-order valence-electron chi connectivity index (χ3n) is 5.58. The van der Waals surface area contributed by atoms with Gasteiger partial charge in [-0.25, -0.2) is 0 Å². The molecule has 0 bridgehead atoms. The lowest BCUT2D eigenvalue weighted by Crippen LogP contribution is -2.12. The van der Waals surface area contributed by atoms with Crippen molar-refractivity contribution in [3.8, 4) is 22.8 Å². The van der Waals surface area contributed by atoms with Gasteiger partial charge in [0.15, 0.2) is 5.82 Å². The molecular formula is C24H24N6O2. The molecule has 0 atom stereocenters. The van der Waals surface area contributed by atoms with Crippen molar-refractivity contribution in [3.63, 3.8) is 0 Å². The summed E-state index contributed by atoms with van der Waals surface area (Å²) in [6, 6.07) is 17.4. The van der Waals surface area contributed by atoms with Crippen LogP contribution in [0.3, 0.4) is 0 Å². The van der Waals surface area contributed by atoms with E-state index in [-0.39, 0.29) is 12.3 Å². The van der Waals surface area contributed by atoms with Gasteiger partial charge >= 0.3 is 0 Å². The number of benzene rings is 2. The maximum atomic E-state index is 12.5. The number of amides is 1. The predicted molar refractivity (Wildman–Crippen MR) is 120 cm³/mol. The normalized spacial score (nSPS) is 13.4. The number of fused-ring (bicyclic) bond motifs is 1. The number of hydrogen-bond acceptors (Lipinski definition) is 6. The van der Waals surface area contributed by atoms with Crippen molar-refractivity contribution in [1.29, 1.82) is 0 Å². The molecule has 1 amide bonds. The standard InChI is InChI=1S/C24H24N6O2/c31-21(13-14-22-26-23(29-32-22)17-8-3-1-4-9-17)25-19-11-7-10-18(16-19)24-28-27-20-12-5-2-6-15-30(20)24/h1,3-4,7-11,16H,2,5-6,12-15H2,(H,25,31). The van der Waals surface area contributed by atoms with Crippen LogP contribution in [0.1, 0.15) is 37.4 Å². The summed E-state index contributed by atoms with van der Waals surface area (Å²) in [5, 5.41) is 15.7. The Kier molecular flexibility index (Phi) is 5.74. The summed E-state index contributed by atoms with van der Waals surface area (Å²) in [4.78, 5) is 16.9. The van der Waals surface area contributed by atoms with Crippen molar-refractivity contribution in [2.45, 2.75) is 45.1 Å². The summed E-state index contributed by atoms with van der Waals surface area (Å²) >= 11 is 0. The number of carbonyl (C=O) groups is 1. The van der Waals surface area contributed by atoms with Crippen molar-refractivity contribution in [2.24, 2.45) is 0 Å². The van der Waals surface area contributed by atoms with Crippen LogP contribution in [0.2, 0.25) is 0 Å². The fraction of sp³-hybridized carbons (Fsp3) is 0.292. The van der Waals surface area contributed by atoms with Crippen LogP contribution in [0.5, 0.6) is 0 Å². The van der Waals surface area contributed by atoms with Gasteiger partial charge in [-0.2, -0.15) is 4.98 Å². The minimum absolute atomic E-state index is 0.110. The molecule has 162 valence electrons. The van der Waals surface area contributed by atoms with Gasteiger partial charge in [-0.1, -0.05) is 54.0 Å². The summed E-state index contributed by atoms with van der Waals surface area (Å²) in [7, 11) is 0. The lowest BCUT2D eigenvalue weighted by molar-refractivity contribution is -0.116. The molecule has 32 heavy (non-hydrogen) atoms. The zero-order valence-corrected chi connectivity index (χ0v) is 17.7. The van der Waals surface area contributed by atoms with E-state index < -0.39 is 0 Å². The lowest BCUT2D eigenvalue weighted by atomic mass is 10.1. The molecule has 0 aliphatic carbocycles. The summed E-state index contributed by atoms with van der Waals surface area (Å²) in [6.45, 7) is 0.934. The Morgan fingerprint density at radius 2 is 1.88 bits per heavy atom. The molecule has 4 aromatic rings. The van der Waals surface area contributed by atoms with E-state index in [2.05, 4.69) is 30.2 Å². The van der Waals surface area contributed by atoms with Crippen LogP contribution in [0, 0.1) is 0 Å². The number of hydrogen-bond donors (Lipinski definition) is 1. The lowest BCUT2D eigenvalue weighted by Gasteiger charge is -2.09. The maximum absolute atomic E-state index is 12.5. The molecule has 5 rings (SSSR count). The summed E-state index contributed by atoms with van der Waals surface area (Å²) in [6.07, 6.45) is 5.10. The number of rotatable bonds is 6. The Hall–Kier alpha value is -3.81.